The molecule has 0 bridgehead atoms. The third-order valence-corrected chi connectivity index (χ3v) is 2.60. The van der Waals surface area contributed by atoms with Crippen molar-refractivity contribution in [3.8, 4) is 0 Å². The Morgan fingerprint density at radius 2 is 1.86 bits per heavy atom. The minimum absolute atomic E-state index is 0.344. The Labute approximate surface area is 89.4 Å². The van der Waals surface area contributed by atoms with E-state index in [1.165, 1.54) is 19.3 Å². The first kappa shape index (κ1) is 13.9. The van der Waals surface area contributed by atoms with Gasteiger partial charge in [-0.25, -0.2) is 0 Å². The van der Waals surface area contributed by atoms with Crippen LogP contribution in [0.15, 0.2) is 0 Å². The second-order valence-corrected chi connectivity index (χ2v) is 3.86. The Morgan fingerprint density at radius 3 is 2.36 bits per heavy atom. The highest BCUT2D eigenvalue weighted by Crippen LogP contribution is 2.05. The zero-order valence-electron chi connectivity index (χ0n) is 10.3. The van der Waals surface area contributed by atoms with Crippen LogP contribution in [0.4, 0.5) is 0 Å². The van der Waals surface area contributed by atoms with Gasteiger partial charge in [0, 0.05) is 12.6 Å². The molecule has 86 valence electrons. The van der Waals surface area contributed by atoms with Crippen molar-refractivity contribution in [2.24, 2.45) is 0 Å². The van der Waals surface area contributed by atoms with E-state index in [4.69, 9.17) is 4.74 Å². The summed E-state index contributed by atoms with van der Waals surface area (Å²) in [4.78, 5) is 0. The fourth-order valence-electron chi connectivity index (χ4n) is 1.64. The third-order valence-electron chi connectivity index (χ3n) is 2.60. The third kappa shape index (κ3) is 6.39. The quantitative estimate of drug-likeness (QED) is 0.579. The number of hydrogen-bond donors (Lipinski definition) is 1. The van der Waals surface area contributed by atoms with Gasteiger partial charge in [-0.15, -0.1) is 0 Å². The van der Waals surface area contributed by atoms with Crippen molar-refractivity contribution in [1.82, 2.24) is 5.32 Å². The highest BCUT2D eigenvalue weighted by Gasteiger charge is 2.13. The second kappa shape index (κ2) is 9.47. The first-order chi connectivity index (χ1) is 6.76. The summed E-state index contributed by atoms with van der Waals surface area (Å²) in [5.74, 6) is 0. The van der Waals surface area contributed by atoms with Crippen molar-refractivity contribution in [1.29, 1.82) is 0 Å². The van der Waals surface area contributed by atoms with E-state index in [9.17, 15) is 0 Å². The van der Waals surface area contributed by atoms with Crippen molar-refractivity contribution in [3.05, 3.63) is 0 Å². The van der Waals surface area contributed by atoms with E-state index in [-0.39, 0.29) is 0 Å². The van der Waals surface area contributed by atoms with Crippen LogP contribution in [-0.4, -0.2) is 25.3 Å². The van der Waals surface area contributed by atoms with Crippen LogP contribution < -0.4 is 5.32 Å². The van der Waals surface area contributed by atoms with E-state index in [2.05, 4.69) is 33.0 Å². The molecule has 0 amide bonds. The average molecular weight is 201 g/mol. The van der Waals surface area contributed by atoms with Crippen LogP contribution in [0.2, 0.25) is 0 Å². The van der Waals surface area contributed by atoms with E-state index in [1.54, 1.807) is 0 Å². The number of likely N-dealkylation sites (N-methyl/N-ethyl adjacent to an activating group) is 1. The van der Waals surface area contributed by atoms with Crippen LogP contribution in [0.3, 0.4) is 0 Å². The van der Waals surface area contributed by atoms with Gasteiger partial charge in [-0.05, 0) is 26.3 Å². The highest BCUT2D eigenvalue weighted by molar-refractivity contribution is 4.71. The van der Waals surface area contributed by atoms with Gasteiger partial charge >= 0.3 is 0 Å². The summed E-state index contributed by atoms with van der Waals surface area (Å²) in [7, 11) is 0. The van der Waals surface area contributed by atoms with E-state index in [1.807, 2.05) is 0 Å². The molecule has 0 radical (unpaired) electrons. The molecule has 0 aliphatic carbocycles. The van der Waals surface area contributed by atoms with Crippen molar-refractivity contribution in [3.63, 3.8) is 0 Å². The molecule has 0 spiro atoms. The molecule has 2 nitrogen and oxygen atoms in total. The molecular weight excluding hydrogens is 174 g/mol. The monoisotopic (exact) mass is 201 g/mol. The summed E-state index contributed by atoms with van der Waals surface area (Å²) < 4.78 is 5.79. The lowest BCUT2D eigenvalue weighted by Gasteiger charge is -2.23. The molecule has 0 aromatic rings. The maximum Gasteiger partial charge on any atom is 0.0699 e. The summed E-state index contributed by atoms with van der Waals surface area (Å²) in [6.07, 6.45) is 5.23. The lowest BCUT2D eigenvalue weighted by Crippen LogP contribution is -2.39. The lowest BCUT2D eigenvalue weighted by molar-refractivity contribution is 0.0361. The Bertz CT molecular complexity index is 117. The van der Waals surface area contributed by atoms with Crippen LogP contribution in [0.1, 0.15) is 53.4 Å². The molecule has 0 aromatic carbocycles. The van der Waals surface area contributed by atoms with E-state index >= 15 is 0 Å². The molecule has 0 fully saturated rings. The number of nitrogens with one attached hydrogen (secondary N) is 1. The van der Waals surface area contributed by atoms with Gasteiger partial charge in [-0.1, -0.05) is 33.6 Å². The molecular formula is C12H27NO. The molecule has 0 aliphatic heterocycles. The molecule has 14 heavy (non-hydrogen) atoms. The van der Waals surface area contributed by atoms with Crippen LogP contribution in [0.25, 0.3) is 0 Å². The van der Waals surface area contributed by atoms with Gasteiger partial charge in [-0.3, -0.25) is 0 Å². The summed E-state index contributed by atoms with van der Waals surface area (Å²) in [6.45, 7) is 10.7. The lowest BCUT2D eigenvalue weighted by atomic mass is 10.1. The molecule has 2 heteroatoms. The van der Waals surface area contributed by atoms with Crippen LogP contribution in [0, 0.1) is 0 Å². The first-order valence-corrected chi connectivity index (χ1v) is 6.11. The maximum absolute atomic E-state index is 5.79. The largest absolute Gasteiger partial charge is 0.377 e. The van der Waals surface area contributed by atoms with Gasteiger partial charge < -0.3 is 10.1 Å². The maximum atomic E-state index is 5.79. The molecule has 0 heterocycles. The summed E-state index contributed by atoms with van der Waals surface area (Å²) in [6, 6.07) is 0.515. The normalized spacial score (nSPS) is 15.4. The van der Waals surface area contributed by atoms with E-state index < -0.39 is 0 Å². The first-order valence-electron chi connectivity index (χ1n) is 6.11. The molecule has 2 atom stereocenters. The minimum Gasteiger partial charge on any atom is -0.377 e. The van der Waals surface area contributed by atoms with Crippen molar-refractivity contribution >= 4 is 0 Å². The Morgan fingerprint density at radius 1 is 1.14 bits per heavy atom. The zero-order valence-corrected chi connectivity index (χ0v) is 10.3. The van der Waals surface area contributed by atoms with Gasteiger partial charge in [-0.2, -0.15) is 0 Å². The van der Waals surface area contributed by atoms with E-state index in [0.717, 1.165) is 19.6 Å². The van der Waals surface area contributed by atoms with Gasteiger partial charge in [0.25, 0.3) is 0 Å². The number of ether oxygens (including phenoxy) is 1. The number of hydrogen-bond acceptors (Lipinski definition) is 2. The topological polar surface area (TPSA) is 21.3 Å². The Kier molecular flexibility index (Phi) is 9.42. The van der Waals surface area contributed by atoms with E-state index in [0.29, 0.717) is 12.1 Å². The zero-order chi connectivity index (χ0) is 10.8. The Balaban J connectivity index is 3.52. The molecule has 0 aliphatic rings. The summed E-state index contributed by atoms with van der Waals surface area (Å²) >= 11 is 0. The van der Waals surface area contributed by atoms with Crippen LogP contribution in [-0.2, 0) is 4.74 Å². The van der Waals surface area contributed by atoms with Crippen LogP contribution >= 0.6 is 0 Å². The molecule has 0 aromatic heterocycles. The molecule has 1 N–H and O–H groups in total. The summed E-state index contributed by atoms with van der Waals surface area (Å²) in [5.41, 5.74) is 0. The molecule has 0 saturated heterocycles. The van der Waals surface area contributed by atoms with Gasteiger partial charge in [0.15, 0.2) is 0 Å². The van der Waals surface area contributed by atoms with Crippen molar-refractivity contribution in [2.45, 2.75) is 65.5 Å². The minimum atomic E-state index is 0.344. The van der Waals surface area contributed by atoms with Gasteiger partial charge in [0.1, 0.15) is 0 Å². The van der Waals surface area contributed by atoms with Crippen molar-refractivity contribution in [2.75, 3.05) is 13.2 Å². The van der Waals surface area contributed by atoms with Crippen LogP contribution in [0.5, 0.6) is 0 Å². The molecule has 2 unspecified atom stereocenters. The summed E-state index contributed by atoms with van der Waals surface area (Å²) in [5, 5.41) is 3.45. The van der Waals surface area contributed by atoms with Crippen molar-refractivity contribution < 1.29 is 4.74 Å². The fraction of sp³-hybridized carbons (Fsp3) is 1.00. The SMILES string of the molecule is CCCCCOC(C)C(CC)NCC. The number of rotatable bonds is 9. The van der Waals surface area contributed by atoms with Gasteiger partial charge in [0.05, 0.1) is 6.10 Å². The fourth-order valence-corrected chi connectivity index (χ4v) is 1.64. The second-order valence-electron chi connectivity index (χ2n) is 3.86. The molecule has 0 rings (SSSR count). The smallest absolute Gasteiger partial charge is 0.0699 e. The Hall–Kier alpha value is -0.0800. The standard InChI is InChI=1S/C12H27NO/c1-5-8-9-10-14-11(4)12(6-2)13-7-3/h11-13H,5-10H2,1-4H3. The highest BCUT2D eigenvalue weighted by atomic mass is 16.5. The predicted molar refractivity (Wildman–Crippen MR) is 62.7 cm³/mol. The molecule has 0 saturated carbocycles. The predicted octanol–water partition coefficient (Wildman–Crippen LogP) is 2.97. The average Bonchev–Trinajstić information content (AvgIpc) is 2.20. The van der Waals surface area contributed by atoms with Gasteiger partial charge in [0.2, 0.25) is 0 Å². The number of unbranched alkanes of at least 4 members (excludes halogenated alkanes) is 2.